The molecule has 0 N–H and O–H groups in total. The maximum absolute atomic E-state index is 10.1. The van der Waals surface area contributed by atoms with Gasteiger partial charge in [0.25, 0.3) is 0 Å². The van der Waals surface area contributed by atoms with Crippen molar-refractivity contribution in [2.75, 3.05) is 13.2 Å². The minimum atomic E-state index is -0.182. The molecule has 0 aliphatic rings. The Morgan fingerprint density at radius 2 is 0.312 bits per heavy atom. The molecule has 0 aliphatic heterocycles. The Kier molecular flexibility index (Phi) is 44.6. The molecule has 0 spiro atoms. The topological polar surface area (TPSA) is 52.6 Å². The molecule has 0 aliphatic carbocycles. The van der Waals surface area contributed by atoms with Gasteiger partial charge < -0.3 is 9.47 Å². The predicted octanol–water partition coefficient (Wildman–Crippen LogP) is 21.1. The fourth-order valence-electron chi connectivity index (χ4n) is 5.82. The van der Waals surface area contributed by atoms with Crippen molar-refractivity contribution in [1.82, 2.24) is 0 Å². The molecule has 0 unspecified atom stereocenters. The highest BCUT2D eigenvalue weighted by Crippen LogP contribution is 2.05. The number of unbranched alkanes of at least 4 members (excludes halogenated alkanes) is 2. The standard InChI is InChI=1S/8C8H10.2C6H12O2/c8*1-7-3-5-8(2)6-4-7;2*1-3-4-5-8-6(2)7/h8*3-6H,1-2H3;2*3-5H2,1-2H3. The van der Waals surface area contributed by atoms with Crippen molar-refractivity contribution in [3.8, 4) is 0 Å². The van der Waals surface area contributed by atoms with Crippen molar-refractivity contribution >= 4 is 11.9 Å². The van der Waals surface area contributed by atoms with E-state index < -0.39 is 0 Å². The van der Waals surface area contributed by atoms with E-state index in [2.05, 4.69) is 328 Å². The number of ether oxygens (including phenoxy) is 2. The molecule has 0 aromatic heterocycles. The molecule has 0 radical (unpaired) electrons. The van der Waals surface area contributed by atoms with Crippen LogP contribution in [0.1, 0.15) is 142 Å². The Bertz CT molecular complexity index is 1990. The van der Waals surface area contributed by atoms with Gasteiger partial charge in [0, 0.05) is 13.8 Å². The third-order valence-corrected chi connectivity index (χ3v) is 11.4. The molecule has 8 rings (SSSR count). The summed E-state index contributed by atoms with van der Waals surface area (Å²) in [6.07, 6.45) is 4.10. The molecule has 0 atom stereocenters. The molecule has 0 fully saturated rings. The minimum Gasteiger partial charge on any atom is -0.466 e. The molecule has 432 valence electrons. The highest BCUT2D eigenvalue weighted by Gasteiger charge is 1.90. The van der Waals surface area contributed by atoms with Crippen LogP contribution in [0.2, 0.25) is 0 Å². The van der Waals surface area contributed by atoms with E-state index in [0.29, 0.717) is 13.2 Å². The lowest BCUT2D eigenvalue weighted by Crippen LogP contribution is -1.99. The highest BCUT2D eigenvalue weighted by molar-refractivity contribution is 5.66. The van der Waals surface area contributed by atoms with E-state index in [9.17, 15) is 9.59 Å². The number of esters is 2. The number of carbonyl (C=O) groups is 2. The number of hydrogen-bond acceptors (Lipinski definition) is 4. The summed E-state index contributed by atoms with van der Waals surface area (Å²) >= 11 is 0. The molecular weight excluding hydrogens is 977 g/mol. The Morgan fingerprint density at radius 3 is 0.375 bits per heavy atom. The number of benzene rings is 8. The number of carbonyl (C=O) groups excluding carboxylic acids is 2. The molecule has 4 heteroatoms. The van der Waals surface area contributed by atoms with Gasteiger partial charge in [0.05, 0.1) is 13.2 Å². The minimum absolute atomic E-state index is 0.182. The maximum atomic E-state index is 10.1. The van der Waals surface area contributed by atoms with Crippen LogP contribution in [0.4, 0.5) is 0 Å². The summed E-state index contributed by atoms with van der Waals surface area (Å²) in [7, 11) is 0. The number of rotatable bonds is 6. The van der Waals surface area contributed by atoms with Crippen LogP contribution >= 0.6 is 0 Å². The largest absolute Gasteiger partial charge is 0.466 e. The average molecular weight is 1080 g/mol. The SMILES string of the molecule is CCCCOC(C)=O.CCCCOC(C)=O.Cc1ccc(C)cc1.Cc1ccc(C)cc1.Cc1ccc(C)cc1.Cc1ccc(C)cc1.Cc1ccc(C)cc1.Cc1ccc(C)cc1.Cc1ccc(C)cc1.Cc1ccc(C)cc1. The molecule has 0 amide bonds. The quantitative estimate of drug-likeness (QED) is 0.123. The Morgan fingerprint density at radius 1 is 0.225 bits per heavy atom. The van der Waals surface area contributed by atoms with Crippen LogP contribution < -0.4 is 0 Å². The normalized spacial score (nSPS) is 9.15. The molecule has 8 aromatic carbocycles. The third-order valence-electron chi connectivity index (χ3n) is 11.4. The zero-order valence-electron chi connectivity index (χ0n) is 53.4. The first-order valence-corrected chi connectivity index (χ1v) is 28.4. The summed E-state index contributed by atoms with van der Waals surface area (Å²) in [5.41, 5.74) is 21.3. The van der Waals surface area contributed by atoms with Crippen molar-refractivity contribution < 1.29 is 19.1 Å². The van der Waals surface area contributed by atoms with E-state index in [1.165, 1.54) is 103 Å². The van der Waals surface area contributed by atoms with Gasteiger partial charge in [-0.25, -0.2) is 0 Å². The van der Waals surface area contributed by atoms with Crippen LogP contribution in [0.15, 0.2) is 194 Å². The van der Waals surface area contributed by atoms with Crippen LogP contribution in [0.3, 0.4) is 0 Å². The van der Waals surface area contributed by atoms with Gasteiger partial charge in [0.1, 0.15) is 0 Å². The van der Waals surface area contributed by atoms with Gasteiger partial charge in [-0.1, -0.05) is 310 Å². The monoisotopic (exact) mass is 1080 g/mol. The highest BCUT2D eigenvalue weighted by atomic mass is 16.5. The van der Waals surface area contributed by atoms with Gasteiger partial charge in [-0.05, 0) is 124 Å². The van der Waals surface area contributed by atoms with Crippen molar-refractivity contribution in [3.05, 3.63) is 283 Å². The molecule has 0 saturated carbocycles. The van der Waals surface area contributed by atoms with E-state index in [1.807, 2.05) is 0 Å². The second kappa shape index (κ2) is 47.7. The second-order valence-electron chi connectivity index (χ2n) is 20.6. The summed E-state index contributed by atoms with van der Waals surface area (Å²) in [6.45, 7) is 41.7. The lowest BCUT2D eigenvalue weighted by molar-refractivity contribution is -0.142. The van der Waals surface area contributed by atoms with Crippen LogP contribution in [0, 0.1) is 111 Å². The zero-order valence-corrected chi connectivity index (χ0v) is 53.4. The third kappa shape index (κ3) is 50.2. The smallest absolute Gasteiger partial charge is 0.302 e. The van der Waals surface area contributed by atoms with Crippen LogP contribution in [0.5, 0.6) is 0 Å². The van der Waals surface area contributed by atoms with Crippen molar-refractivity contribution in [2.45, 2.75) is 164 Å². The Balaban J connectivity index is 0. The number of hydrogen-bond donors (Lipinski definition) is 0. The molecular formula is C76H104O4. The molecule has 0 saturated heterocycles. The fourth-order valence-corrected chi connectivity index (χ4v) is 5.82. The Hall–Kier alpha value is -7.30. The first-order chi connectivity index (χ1) is 37.8. The average Bonchev–Trinajstić information content (AvgIpc) is 3.42. The van der Waals surface area contributed by atoms with Gasteiger partial charge in [-0.3, -0.25) is 9.59 Å². The van der Waals surface area contributed by atoms with Gasteiger partial charge in [-0.15, -0.1) is 0 Å². The van der Waals surface area contributed by atoms with Gasteiger partial charge >= 0.3 is 11.9 Å². The molecule has 0 heterocycles. The lowest BCUT2D eigenvalue weighted by atomic mass is 10.2. The lowest BCUT2D eigenvalue weighted by Gasteiger charge is -1.96. The van der Waals surface area contributed by atoms with Crippen LogP contribution in [-0.2, 0) is 19.1 Å². The zero-order chi connectivity index (χ0) is 60.7. The van der Waals surface area contributed by atoms with E-state index in [4.69, 9.17) is 0 Å². The summed E-state index contributed by atoms with van der Waals surface area (Å²) in [5.74, 6) is -0.364. The van der Waals surface area contributed by atoms with E-state index in [-0.39, 0.29) is 11.9 Å². The molecule has 80 heavy (non-hydrogen) atoms. The van der Waals surface area contributed by atoms with Crippen LogP contribution in [0.25, 0.3) is 0 Å². The van der Waals surface area contributed by atoms with Gasteiger partial charge in [0.15, 0.2) is 0 Å². The maximum Gasteiger partial charge on any atom is 0.302 e. The van der Waals surface area contributed by atoms with Crippen LogP contribution in [-0.4, -0.2) is 25.2 Å². The van der Waals surface area contributed by atoms with Crippen molar-refractivity contribution in [2.24, 2.45) is 0 Å². The molecule has 4 nitrogen and oxygen atoms in total. The molecule has 8 aromatic rings. The van der Waals surface area contributed by atoms with E-state index in [1.54, 1.807) is 0 Å². The summed E-state index contributed by atoms with van der Waals surface area (Å²) in [5, 5.41) is 0. The summed E-state index contributed by atoms with van der Waals surface area (Å²) < 4.78 is 9.29. The van der Waals surface area contributed by atoms with E-state index in [0.717, 1.165) is 25.7 Å². The van der Waals surface area contributed by atoms with Crippen molar-refractivity contribution in [3.63, 3.8) is 0 Å². The first-order valence-electron chi connectivity index (χ1n) is 28.4. The fraction of sp³-hybridized carbons (Fsp3) is 0.342. The van der Waals surface area contributed by atoms with Crippen molar-refractivity contribution in [1.29, 1.82) is 0 Å². The van der Waals surface area contributed by atoms with Gasteiger partial charge in [-0.2, -0.15) is 0 Å². The second-order valence-corrected chi connectivity index (χ2v) is 20.6. The first kappa shape index (κ1) is 74.8. The Labute approximate surface area is 489 Å². The summed E-state index contributed by atoms with van der Waals surface area (Å²) in [6, 6.07) is 67.9. The van der Waals surface area contributed by atoms with Gasteiger partial charge in [0.2, 0.25) is 0 Å². The van der Waals surface area contributed by atoms with E-state index >= 15 is 0 Å². The number of aryl methyl sites for hydroxylation is 16. The molecule has 0 bridgehead atoms. The summed E-state index contributed by atoms with van der Waals surface area (Å²) in [4.78, 5) is 20.2. The predicted molar refractivity (Wildman–Crippen MR) is 350 cm³/mol.